The first-order chi connectivity index (χ1) is 9.31. The van der Waals surface area contributed by atoms with Gasteiger partial charge < -0.3 is 0 Å². The number of rotatable bonds is 2. The number of hydrogen-bond acceptors (Lipinski definition) is 0. The summed E-state index contributed by atoms with van der Waals surface area (Å²) in [6.45, 7) is 0.820. The zero-order chi connectivity index (χ0) is 16.2. The Morgan fingerprint density at radius 1 is 0.810 bits per heavy atom. The summed E-state index contributed by atoms with van der Waals surface area (Å²) in [4.78, 5) is 0. The zero-order valence-electron chi connectivity index (χ0n) is 10.4. The van der Waals surface area contributed by atoms with Crippen LogP contribution in [0, 0.1) is 0 Å². The van der Waals surface area contributed by atoms with Gasteiger partial charge in [0.1, 0.15) is 0 Å². The number of hydrogen-bond donors (Lipinski definition) is 0. The average molecular weight is 350 g/mol. The molecule has 118 valence electrons. The second-order valence-corrected chi connectivity index (χ2v) is 6.40. The molecule has 0 saturated heterocycles. The van der Waals surface area contributed by atoms with E-state index in [1.807, 2.05) is 47.2 Å². The van der Waals surface area contributed by atoms with E-state index in [0.717, 1.165) is 11.7 Å². The fourth-order valence-electron chi connectivity index (χ4n) is 1.36. The minimum absolute atomic E-state index is 0.761. The summed E-state index contributed by atoms with van der Waals surface area (Å²) in [6, 6.07) is 16.1. The third-order valence-corrected chi connectivity index (χ3v) is 2.42. The van der Waals surface area contributed by atoms with Crippen molar-refractivity contribution in [2.45, 2.75) is 6.54 Å². The van der Waals surface area contributed by atoms with E-state index in [4.69, 9.17) is 11.6 Å². The molecule has 0 atom stereocenters. The molecule has 0 aliphatic heterocycles. The predicted octanol–water partition coefficient (Wildman–Crippen LogP) is 6.06. The van der Waals surface area contributed by atoms with Gasteiger partial charge in [-0.3, -0.25) is 0 Å². The molecule has 1 heterocycles. The van der Waals surface area contributed by atoms with Crippen molar-refractivity contribution in [2.75, 3.05) is 0 Å². The van der Waals surface area contributed by atoms with Crippen molar-refractivity contribution in [3.8, 4) is 0 Å². The van der Waals surface area contributed by atoms with Crippen molar-refractivity contribution in [2.24, 2.45) is 0 Å². The Labute approximate surface area is 122 Å². The molecule has 9 heteroatoms. The molecule has 0 aliphatic rings. The predicted molar refractivity (Wildman–Crippen MR) is 70.8 cm³/mol. The van der Waals surface area contributed by atoms with Gasteiger partial charge in [-0.2, -0.15) is 4.57 Å². The summed E-state index contributed by atoms with van der Waals surface area (Å²) in [5.74, 6) is 0. The van der Waals surface area contributed by atoms with Gasteiger partial charge in [0.25, 0.3) is 5.15 Å². The van der Waals surface area contributed by atoms with Gasteiger partial charge in [-0.05, 0) is 17.7 Å². The van der Waals surface area contributed by atoms with Crippen LogP contribution in [0.15, 0.2) is 54.7 Å². The Morgan fingerprint density at radius 3 is 1.76 bits per heavy atom. The molecule has 1 nitrogen and oxygen atoms in total. The zero-order valence-corrected chi connectivity index (χ0v) is 12.1. The summed E-state index contributed by atoms with van der Waals surface area (Å²) >= 11 is 6.04. The average Bonchev–Trinajstić information content (AvgIpc) is 2.29. The molecule has 21 heavy (non-hydrogen) atoms. The standard InChI is InChI=1S/C12H11ClN.F6P/c13-12-8-4-5-9-14(12)10-11-6-2-1-3-7-11;1-7(2,3,4,5)6/h1-9H,10H2;/q+1;-1. The number of halogens is 7. The van der Waals surface area contributed by atoms with E-state index in [2.05, 4.69) is 12.1 Å². The molecule has 0 saturated carbocycles. The topological polar surface area (TPSA) is 3.88 Å². The third-order valence-electron chi connectivity index (χ3n) is 2.08. The second kappa shape index (κ2) is 5.46. The van der Waals surface area contributed by atoms with E-state index >= 15 is 0 Å². The van der Waals surface area contributed by atoms with Crippen molar-refractivity contribution in [3.05, 3.63) is 65.4 Å². The summed E-state index contributed by atoms with van der Waals surface area (Å²) in [5.41, 5.74) is 1.26. The van der Waals surface area contributed by atoms with Crippen molar-refractivity contribution in [1.82, 2.24) is 0 Å². The van der Waals surface area contributed by atoms with Gasteiger partial charge in [-0.15, -0.1) is 0 Å². The molecule has 0 radical (unpaired) electrons. The van der Waals surface area contributed by atoms with Gasteiger partial charge in [0, 0.05) is 17.7 Å². The van der Waals surface area contributed by atoms with Crippen LogP contribution in [0.25, 0.3) is 0 Å². The molecule has 2 rings (SSSR count). The Morgan fingerprint density at radius 2 is 1.29 bits per heavy atom. The maximum atomic E-state index is 9.87. The van der Waals surface area contributed by atoms with Crippen LogP contribution in [0.1, 0.15) is 5.56 Å². The number of benzene rings is 1. The van der Waals surface area contributed by atoms with Gasteiger partial charge in [0.15, 0.2) is 12.7 Å². The molecular weight excluding hydrogens is 339 g/mol. The summed E-state index contributed by atoms with van der Waals surface area (Å²) in [7, 11) is -10.7. The molecule has 2 aromatic rings. The van der Waals surface area contributed by atoms with Gasteiger partial charge in [0.05, 0.1) is 0 Å². The van der Waals surface area contributed by atoms with Crippen LogP contribution in [-0.4, -0.2) is 0 Å². The van der Waals surface area contributed by atoms with E-state index in [9.17, 15) is 25.2 Å². The van der Waals surface area contributed by atoms with Gasteiger partial charge >= 0.3 is 33.0 Å². The molecule has 0 fully saturated rings. The first-order valence-electron chi connectivity index (χ1n) is 5.55. The van der Waals surface area contributed by atoms with Crippen LogP contribution in [0.4, 0.5) is 25.2 Å². The maximum absolute atomic E-state index is 10.7. The first kappa shape index (κ1) is 17.7. The minimum atomic E-state index is -10.7. The van der Waals surface area contributed by atoms with Crippen molar-refractivity contribution >= 4 is 19.4 Å². The van der Waals surface area contributed by atoms with Crippen LogP contribution in [-0.2, 0) is 6.54 Å². The second-order valence-electron chi connectivity index (χ2n) is 4.10. The van der Waals surface area contributed by atoms with Crippen LogP contribution < -0.4 is 4.57 Å². The van der Waals surface area contributed by atoms with Crippen LogP contribution in [0.2, 0.25) is 5.15 Å². The molecule has 1 aromatic heterocycles. The summed E-state index contributed by atoms with van der Waals surface area (Å²) in [6.07, 6.45) is 1.98. The SMILES string of the molecule is Clc1cccc[n+]1Cc1ccccc1.F[P-](F)(F)(F)(F)F. The Balaban J connectivity index is 0.000000270. The van der Waals surface area contributed by atoms with E-state index < -0.39 is 7.81 Å². The van der Waals surface area contributed by atoms with Gasteiger partial charge in [-0.1, -0.05) is 30.3 Å². The van der Waals surface area contributed by atoms with Crippen LogP contribution >= 0.6 is 19.4 Å². The van der Waals surface area contributed by atoms with E-state index in [-0.39, 0.29) is 0 Å². The normalized spacial score (nSPS) is 14.4. The van der Waals surface area contributed by atoms with Crippen molar-refractivity contribution in [3.63, 3.8) is 0 Å². The van der Waals surface area contributed by atoms with E-state index in [1.54, 1.807) is 0 Å². The van der Waals surface area contributed by atoms with Crippen LogP contribution in [0.3, 0.4) is 0 Å². The molecule has 0 amide bonds. The summed E-state index contributed by atoms with van der Waals surface area (Å²) < 4.78 is 61.2. The Kier molecular flexibility index (Phi) is 4.61. The van der Waals surface area contributed by atoms with Gasteiger partial charge in [-0.25, -0.2) is 0 Å². The molecule has 0 spiro atoms. The third kappa shape index (κ3) is 11.0. The molecule has 0 unspecified atom stereocenters. The quantitative estimate of drug-likeness (QED) is 0.268. The molecule has 0 bridgehead atoms. The van der Waals surface area contributed by atoms with Gasteiger partial charge in [0.2, 0.25) is 0 Å². The molecular formula is C12H11ClF6NP. The van der Waals surface area contributed by atoms with Crippen LogP contribution in [0.5, 0.6) is 0 Å². The Hall–Kier alpha value is -1.33. The fourth-order valence-corrected chi connectivity index (χ4v) is 1.55. The number of aromatic nitrogens is 1. The van der Waals surface area contributed by atoms with Crippen molar-refractivity contribution in [1.29, 1.82) is 0 Å². The summed E-state index contributed by atoms with van der Waals surface area (Å²) in [5, 5.41) is 0.761. The van der Waals surface area contributed by atoms with Crippen molar-refractivity contribution < 1.29 is 29.7 Å². The van der Waals surface area contributed by atoms with E-state index in [1.165, 1.54) is 5.56 Å². The van der Waals surface area contributed by atoms with E-state index in [0.29, 0.717) is 0 Å². The number of nitrogens with zero attached hydrogens (tertiary/aromatic N) is 1. The first-order valence-corrected chi connectivity index (χ1v) is 7.96. The molecule has 1 aromatic carbocycles. The Bertz CT molecular complexity index is 588. The molecule has 0 aliphatic carbocycles. The fraction of sp³-hybridized carbons (Fsp3) is 0.0833. The number of pyridine rings is 1. The molecule has 0 N–H and O–H groups in total. The monoisotopic (exact) mass is 349 g/mol.